The van der Waals surface area contributed by atoms with Crippen LogP contribution in [0.15, 0.2) is 18.2 Å². The van der Waals surface area contributed by atoms with Crippen LogP contribution in [0.2, 0.25) is 0 Å². The molecule has 2 rings (SSSR count). The lowest BCUT2D eigenvalue weighted by atomic mass is 10.0. The van der Waals surface area contributed by atoms with Crippen LogP contribution >= 0.6 is 0 Å². The van der Waals surface area contributed by atoms with E-state index in [-0.39, 0.29) is 48.5 Å². The van der Waals surface area contributed by atoms with Gasteiger partial charge in [-0.25, -0.2) is 9.59 Å². The summed E-state index contributed by atoms with van der Waals surface area (Å²) in [4.78, 5) is 40.5. The van der Waals surface area contributed by atoms with E-state index in [9.17, 15) is 14.4 Å². The molecule has 32 heavy (non-hydrogen) atoms. The Labute approximate surface area is 190 Å². The quantitative estimate of drug-likeness (QED) is 0.646. The Bertz CT molecular complexity index is 827. The number of nitrogens with zero attached hydrogens (tertiary/aromatic N) is 2. The normalized spacial score (nSPS) is 18.8. The minimum atomic E-state index is -0.312. The fourth-order valence-electron chi connectivity index (χ4n) is 3.50. The maximum absolute atomic E-state index is 12.8. The van der Waals surface area contributed by atoms with E-state index in [2.05, 4.69) is 16.0 Å². The molecule has 1 heterocycles. The van der Waals surface area contributed by atoms with Crippen LogP contribution in [0.1, 0.15) is 40.2 Å². The predicted octanol–water partition coefficient (Wildman–Crippen LogP) is 2.66. The van der Waals surface area contributed by atoms with Crippen molar-refractivity contribution in [3.63, 3.8) is 0 Å². The molecule has 0 unspecified atom stereocenters. The number of nitrogens with one attached hydrogen (secondary N) is 3. The molecule has 178 valence electrons. The Kier molecular flexibility index (Phi) is 8.74. The van der Waals surface area contributed by atoms with E-state index in [4.69, 9.17) is 4.74 Å². The van der Waals surface area contributed by atoms with E-state index in [0.717, 1.165) is 0 Å². The maximum Gasteiger partial charge on any atom is 0.319 e. The van der Waals surface area contributed by atoms with Crippen molar-refractivity contribution in [2.75, 3.05) is 32.5 Å². The van der Waals surface area contributed by atoms with Crippen molar-refractivity contribution in [1.82, 2.24) is 20.4 Å². The molecule has 2 atom stereocenters. The number of hydrogen-bond donors (Lipinski definition) is 3. The fraction of sp³-hybridized carbons (Fsp3) is 0.609. The number of rotatable bonds is 5. The van der Waals surface area contributed by atoms with Gasteiger partial charge in [-0.3, -0.25) is 4.79 Å². The van der Waals surface area contributed by atoms with Gasteiger partial charge in [0.1, 0.15) is 11.9 Å². The minimum Gasteiger partial charge on any atom is -0.488 e. The molecule has 5 amide bonds. The second-order valence-corrected chi connectivity index (χ2v) is 9.15. The molecule has 0 spiro atoms. The van der Waals surface area contributed by atoms with Gasteiger partial charge in [0.15, 0.2) is 0 Å². The third-order valence-electron chi connectivity index (χ3n) is 5.19. The summed E-state index contributed by atoms with van der Waals surface area (Å²) in [7, 11) is 3.50. The fourth-order valence-corrected chi connectivity index (χ4v) is 3.50. The highest BCUT2D eigenvalue weighted by atomic mass is 16.5. The van der Waals surface area contributed by atoms with Gasteiger partial charge < -0.3 is 30.5 Å². The van der Waals surface area contributed by atoms with Crippen LogP contribution < -0.4 is 20.7 Å². The number of urea groups is 2. The molecule has 0 bridgehead atoms. The van der Waals surface area contributed by atoms with E-state index >= 15 is 0 Å². The average molecular weight is 448 g/mol. The number of fused-ring (bicyclic) bond motifs is 1. The first-order chi connectivity index (χ1) is 15.0. The highest BCUT2D eigenvalue weighted by Gasteiger charge is 2.29. The molecule has 0 aliphatic carbocycles. The molecule has 1 aliphatic heterocycles. The van der Waals surface area contributed by atoms with Crippen LogP contribution in [-0.2, 0) is 11.2 Å². The first-order valence-corrected chi connectivity index (χ1v) is 11.1. The number of carbonyl (C=O) groups is 3. The van der Waals surface area contributed by atoms with Crippen LogP contribution in [0, 0.1) is 5.92 Å². The molecule has 1 aliphatic rings. The van der Waals surface area contributed by atoms with Gasteiger partial charge in [-0.2, -0.15) is 0 Å². The lowest BCUT2D eigenvalue weighted by molar-refractivity contribution is -0.129. The molecule has 0 saturated carbocycles. The Morgan fingerprint density at radius 2 is 1.84 bits per heavy atom. The third kappa shape index (κ3) is 7.32. The highest BCUT2D eigenvalue weighted by molar-refractivity contribution is 5.90. The first-order valence-electron chi connectivity index (χ1n) is 11.1. The Balaban J connectivity index is 2.27. The minimum absolute atomic E-state index is 0.00109. The van der Waals surface area contributed by atoms with Crippen molar-refractivity contribution in [1.29, 1.82) is 0 Å². The highest BCUT2D eigenvalue weighted by Crippen LogP contribution is 2.28. The van der Waals surface area contributed by atoms with Crippen LogP contribution in [0.25, 0.3) is 0 Å². The van der Waals surface area contributed by atoms with E-state index in [0.29, 0.717) is 30.1 Å². The molecule has 0 radical (unpaired) electrons. The molecule has 0 fully saturated rings. The Hall–Kier alpha value is -2.97. The van der Waals surface area contributed by atoms with Crippen molar-refractivity contribution in [3.05, 3.63) is 23.8 Å². The summed E-state index contributed by atoms with van der Waals surface area (Å²) in [5.41, 5.74) is 1.27. The SMILES string of the molecule is CC(C)NC(=O)Nc1ccc2c(c1)CC(=O)N(C)C[C@@H](C)[C@@H](CN(C)C(=O)NC(C)C)O2. The van der Waals surface area contributed by atoms with Gasteiger partial charge in [0, 0.05) is 49.9 Å². The number of likely N-dealkylation sites (N-methyl/N-ethyl adjacent to an activating group) is 2. The van der Waals surface area contributed by atoms with Gasteiger partial charge in [0.25, 0.3) is 0 Å². The van der Waals surface area contributed by atoms with Crippen LogP contribution in [-0.4, -0.2) is 73.1 Å². The van der Waals surface area contributed by atoms with Gasteiger partial charge in [0.05, 0.1) is 13.0 Å². The number of anilines is 1. The standard InChI is InChI=1S/C23H37N5O4/c1-14(2)24-22(30)26-18-8-9-19-17(10-18)11-21(29)27(6)12-16(5)20(32-19)13-28(7)23(31)25-15(3)4/h8-10,14-16,20H,11-13H2,1-7H3,(H,25,31)(H2,24,26,30)/t16-,20-/m1/s1. The van der Waals surface area contributed by atoms with Crippen molar-refractivity contribution < 1.29 is 19.1 Å². The second-order valence-electron chi connectivity index (χ2n) is 9.15. The third-order valence-corrected chi connectivity index (χ3v) is 5.19. The van der Waals surface area contributed by atoms with Gasteiger partial charge in [-0.1, -0.05) is 6.92 Å². The summed E-state index contributed by atoms with van der Waals surface area (Å²) >= 11 is 0. The zero-order valence-corrected chi connectivity index (χ0v) is 20.2. The van der Waals surface area contributed by atoms with Crippen molar-refractivity contribution >= 4 is 23.7 Å². The molecule has 9 nitrogen and oxygen atoms in total. The summed E-state index contributed by atoms with van der Waals surface area (Å²) in [6.07, 6.45) is -0.149. The van der Waals surface area contributed by atoms with Crippen LogP contribution in [0.3, 0.4) is 0 Å². The van der Waals surface area contributed by atoms with Gasteiger partial charge >= 0.3 is 12.1 Å². The number of carbonyl (C=O) groups excluding carboxylic acids is 3. The topological polar surface area (TPSA) is 103 Å². The van der Waals surface area contributed by atoms with Gasteiger partial charge in [0.2, 0.25) is 5.91 Å². The van der Waals surface area contributed by atoms with E-state index in [1.54, 1.807) is 42.1 Å². The lowest BCUT2D eigenvalue weighted by Gasteiger charge is -2.31. The molecule has 1 aromatic rings. The molecular weight excluding hydrogens is 410 g/mol. The smallest absolute Gasteiger partial charge is 0.319 e. The number of amides is 5. The Morgan fingerprint density at radius 3 is 2.47 bits per heavy atom. The molecule has 3 N–H and O–H groups in total. The van der Waals surface area contributed by atoms with E-state index < -0.39 is 0 Å². The van der Waals surface area contributed by atoms with Crippen molar-refractivity contribution in [2.45, 2.75) is 59.2 Å². The molecule has 1 aromatic carbocycles. The zero-order chi connectivity index (χ0) is 24.0. The Morgan fingerprint density at radius 1 is 1.19 bits per heavy atom. The predicted molar refractivity (Wildman–Crippen MR) is 125 cm³/mol. The monoisotopic (exact) mass is 447 g/mol. The van der Waals surface area contributed by atoms with Crippen LogP contribution in [0.4, 0.5) is 15.3 Å². The number of hydrogen-bond acceptors (Lipinski definition) is 4. The maximum atomic E-state index is 12.8. The van der Waals surface area contributed by atoms with Gasteiger partial charge in [-0.05, 0) is 45.9 Å². The lowest BCUT2D eigenvalue weighted by Crippen LogP contribution is -2.48. The van der Waals surface area contributed by atoms with E-state index in [1.165, 1.54) is 0 Å². The zero-order valence-electron chi connectivity index (χ0n) is 20.2. The second kappa shape index (κ2) is 11.1. The molecule has 9 heteroatoms. The van der Waals surface area contributed by atoms with Gasteiger partial charge in [-0.15, -0.1) is 0 Å². The molecule has 0 aromatic heterocycles. The summed E-state index contributed by atoms with van der Waals surface area (Å²) in [5, 5.41) is 8.45. The average Bonchev–Trinajstić information content (AvgIpc) is 2.70. The van der Waals surface area contributed by atoms with E-state index in [1.807, 2.05) is 34.6 Å². The molecular formula is C23H37N5O4. The summed E-state index contributed by atoms with van der Waals surface area (Å²) in [6, 6.07) is 4.85. The van der Waals surface area contributed by atoms with Crippen molar-refractivity contribution in [2.24, 2.45) is 5.92 Å². The summed E-state index contributed by atoms with van der Waals surface area (Å²) < 4.78 is 6.35. The number of benzene rings is 1. The largest absolute Gasteiger partial charge is 0.488 e. The number of ether oxygens (including phenoxy) is 1. The van der Waals surface area contributed by atoms with Crippen LogP contribution in [0.5, 0.6) is 5.75 Å². The first kappa shape index (κ1) is 25.3. The summed E-state index contributed by atoms with van der Waals surface area (Å²) in [6.45, 7) is 10.5. The summed E-state index contributed by atoms with van der Waals surface area (Å²) in [5.74, 6) is 0.550. The molecule has 0 saturated heterocycles. The van der Waals surface area contributed by atoms with Crippen molar-refractivity contribution in [3.8, 4) is 5.75 Å².